The molecule has 0 spiro atoms. The molecule has 5 atom stereocenters. The van der Waals surface area contributed by atoms with E-state index in [-0.39, 0.29) is 35.1 Å². The second-order valence-electron chi connectivity index (χ2n) is 19.4. The number of esters is 1. The second kappa shape index (κ2) is 18.2. The van der Waals surface area contributed by atoms with Crippen molar-refractivity contribution in [3.8, 4) is 5.75 Å². The summed E-state index contributed by atoms with van der Waals surface area (Å²) in [6.45, 7) is 33.7. The Labute approximate surface area is 340 Å². The molecule has 0 saturated carbocycles. The Hall–Kier alpha value is -2.48. The SMILES string of the molecule is CCCC(c1coc2c(CO[Si](C)(C)C(C)(C)C)c(OCc3ccccc3)c(CC(C)C)cc12)C(O)C[C@H](O[Si](C)(C)C(C)(C)C)[C@]1(C(=O)OCC)O[C@H]1CC. The van der Waals surface area contributed by atoms with Crippen LogP contribution in [0, 0.1) is 5.92 Å². The lowest BCUT2D eigenvalue weighted by molar-refractivity contribution is -0.154. The van der Waals surface area contributed by atoms with Gasteiger partial charge >= 0.3 is 5.97 Å². The number of aliphatic hydroxyl groups is 1. The second-order valence-corrected chi connectivity index (χ2v) is 29.0. The number of ether oxygens (including phenoxy) is 3. The van der Waals surface area contributed by atoms with Crippen LogP contribution in [0.15, 0.2) is 47.1 Å². The van der Waals surface area contributed by atoms with Crippen molar-refractivity contribution in [3.63, 3.8) is 0 Å². The number of fused-ring (bicyclic) bond motifs is 1. The van der Waals surface area contributed by atoms with E-state index in [4.69, 9.17) is 27.5 Å². The fourth-order valence-corrected chi connectivity index (χ4v) is 9.48. The predicted molar refractivity (Wildman–Crippen MR) is 232 cm³/mol. The van der Waals surface area contributed by atoms with Gasteiger partial charge in [-0.3, -0.25) is 0 Å². The molecule has 10 heteroatoms. The highest BCUT2D eigenvalue weighted by Gasteiger charge is 2.69. The summed E-state index contributed by atoms with van der Waals surface area (Å²) in [6.07, 6.45) is 3.19. The molecular weight excluding hydrogens is 737 g/mol. The summed E-state index contributed by atoms with van der Waals surface area (Å²) >= 11 is 0. The first-order chi connectivity index (χ1) is 26.0. The Morgan fingerprint density at radius 1 is 0.946 bits per heavy atom. The van der Waals surface area contributed by atoms with Crippen molar-refractivity contribution in [3.05, 3.63) is 64.9 Å². The Bertz CT molecular complexity index is 1740. The van der Waals surface area contributed by atoms with E-state index in [0.29, 0.717) is 32.0 Å². The molecule has 56 heavy (non-hydrogen) atoms. The van der Waals surface area contributed by atoms with Gasteiger partial charge in [0.1, 0.15) is 24.0 Å². The van der Waals surface area contributed by atoms with E-state index in [1.807, 2.05) is 38.3 Å². The smallest absolute Gasteiger partial charge is 0.343 e. The number of aliphatic hydroxyl groups excluding tert-OH is 1. The third-order valence-electron chi connectivity index (χ3n) is 12.6. The molecule has 3 aromatic rings. The fourth-order valence-electron chi connectivity index (χ4n) is 7.21. The summed E-state index contributed by atoms with van der Waals surface area (Å²) in [5, 5.41) is 13.4. The molecule has 1 saturated heterocycles. The van der Waals surface area contributed by atoms with E-state index in [0.717, 1.165) is 51.8 Å². The standard InChI is InChI=1S/C46H74O8Si2/c1-16-22-34(38(47)27-40(54-56(14,15)45(9,10)11)46(39(17-2)53-46)43(48)49-18-3)36-29-51-42-35(36)26-33(25-31(4)5)41(50-28-32-23-20-19-21-24-32)37(42)30-52-55(12,13)44(6,7)8/h19-21,23-24,26,29,31,34,38-40,47H,16-18,22,25,27-28,30H2,1-15H3/t34?,38?,39-,40-,46+/m0/s1. The van der Waals surface area contributed by atoms with Gasteiger partial charge < -0.3 is 32.6 Å². The molecule has 4 rings (SSSR count). The van der Waals surface area contributed by atoms with Gasteiger partial charge in [0, 0.05) is 23.3 Å². The molecule has 1 aromatic heterocycles. The van der Waals surface area contributed by atoms with Gasteiger partial charge in [-0.05, 0) is 85.6 Å². The number of epoxide rings is 1. The normalized spacial score (nSPS) is 19.6. The first-order valence-electron chi connectivity index (χ1n) is 21.1. The first-order valence-corrected chi connectivity index (χ1v) is 26.9. The Balaban J connectivity index is 1.86. The molecule has 1 aliphatic rings. The van der Waals surface area contributed by atoms with E-state index >= 15 is 0 Å². The van der Waals surface area contributed by atoms with Crippen LogP contribution in [-0.4, -0.2) is 58.2 Å². The van der Waals surface area contributed by atoms with Crippen LogP contribution in [0.25, 0.3) is 11.0 Å². The molecule has 314 valence electrons. The first kappa shape index (κ1) is 46.2. The van der Waals surface area contributed by atoms with Gasteiger partial charge in [0.05, 0.1) is 37.2 Å². The third kappa shape index (κ3) is 10.2. The number of carbonyl (C=O) groups excluding carboxylic acids is 1. The summed E-state index contributed by atoms with van der Waals surface area (Å²) < 4.78 is 39.3. The largest absolute Gasteiger partial charge is 0.488 e. The van der Waals surface area contributed by atoms with Crippen LogP contribution in [0.2, 0.25) is 36.3 Å². The quantitative estimate of drug-likeness (QED) is 0.0684. The van der Waals surface area contributed by atoms with E-state index in [9.17, 15) is 9.90 Å². The average molecular weight is 811 g/mol. The molecule has 2 unspecified atom stereocenters. The maximum atomic E-state index is 13.8. The number of benzene rings is 2. The summed E-state index contributed by atoms with van der Waals surface area (Å²) in [7, 11) is -4.59. The van der Waals surface area contributed by atoms with Gasteiger partial charge in [-0.15, -0.1) is 0 Å². The van der Waals surface area contributed by atoms with Crippen LogP contribution >= 0.6 is 0 Å². The fraction of sp³-hybridized carbons (Fsp3) is 0.674. The van der Waals surface area contributed by atoms with E-state index in [2.05, 4.69) is 107 Å². The van der Waals surface area contributed by atoms with E-state index in [1.165, 1.54) is 0 Å². The van der Waals surface area contributed by atoms with Gasteiger partial charge in [-0.2, -0.15) is 0 Å². The minimum atomic E-state index is -2.43. The molecule has 2 aromatic carbocycles. The van der Waals surface area contributed by atoms with E-state index < -0.39 is 40.4 Å². The van der Waals surface area contributed by atoms with Crippen LogP contribution < -0.4 is 4.74 Å². The van der Waals surface area contributed by atoms with E-state index in [1.54, 1.807) is 0 Å². The lowest BCUT2D eigenvalue weighted by Crippen LogP contribution is -2.53. The topological polar surface area (TPSA) is 99.9 Å². The Morgan fingerprint density at radius 3 is 2.12 bits per heavy atom. The van der Waals surface area contributed by atoms with Crippen molar-refractivity contribution in [2.24, 2.45) is 5.92 Å². The molecule has 0 aliphatic carbocycles. The monoisotopic (exact) mass is 810 g/mol. The molecule has 0 amide bonds. The van der Waals surface area contributed by atoms with Crippen molar-refractivity contribution in [1.82, 2.24) is 0 Å². The minimum absolute atomic E-state index is 0.0172. The summed E-state index contributed by atoms with van der Waals surface area (Å²) in [6, 6.07) is 12.5. The summed E-state index contributed by atoms with van der Waals surface area (Å²) in [5.74, 6) is 0.488. The zero-order valence-electron chi connectivity index (χ0n) is 37.4. The zero-order chi connectivity index (χ0) is 41.9. The predicted octanol–water partition coefficient (Wildman–Crippen LogP) is 11.9. The number of hydrogen-bond donors (Lipinski definition) is 1. The summed E-state index contributed by atoms with van der Waals surface area (Å²) in [5.41, 5.74) is 3.53. The highest BCUT2D eigenvalue weighted by Crippen LogP contribution is 2.50. The number of furan rings is 1. The van der Waals surface area contributed by atoms with Crippen LogP contribution in [0.4, 0.5) is 0 Å². The maximum Gasteiger partial charge on any atom is 0.343 e. The van der Waals surface area contributed by atoms with Crippen molar-refractivity contribution < 1.29 is 37.4 Å². The van der Waals surface area contributed by atoms with Crippen LogP contribution in [0.1, 0.15) is 130 Å². The van der Waals surface area contributed by atoms with Crippen LogP contribution in [-0.2, 0) is 42.8 Å². The Morgan fingerprint density at radius 2 is 1.59 bits per heavy atom. The number of rotatable bonds is 20. The molecular formula is C46H74O8Si2. The van der Waals surface area contributed by atoms with Crippen molar-refractivity contribution >= 4 is 33.6 Å². The van der Waals surface area contributed by atoms with Crippen LogP contribution in [0.5, 0.6) is 5.75 Å². The molecule has 0 radical (unpaired) electrons. The maximum absolute atomic E-state index is 13.8. The van der Waals surface area contributed by atoms with Crippen molar-refractivity contribution in [2.75, 3.05) is 6.61 Å². The third-order valence-corrected chi connectivity index (χ3v) is 21.6. The molecule has 1 aliphatic heterocycles. The highest BCUT2D eigenvalue weighted by atomic mass is 28.4. The van der Waals surface area contributed by atoms with Crippen LogP contribution in [0.3, 0.4) is 0 Å². The van der Waals surface area contributed by atoms with Crippen molar-refractivity contribution in [1.29, 1.82) is 0 Å². The Kier molecular flexibility index (Phi) is 15.0. The van der Waals surface area contributed by atoms with Gasteiger partial charge in [-0.1, -0.05) is 106 Å². The van der Waals surface area contributed by atoms with Crippen molar-refractivity contribution in [2.45, 2.75) is 188 Å². The molecule has 1 fully saturated rings. The lowest BCUT2D eigenvalue weighted by Gasteiger charge is -2.41. The highest BCUT2D eigenvalue weighted by molar-refractivity contribution is 6.74. The molecule has 8 nitrogen and oxygen atoms in total. The number of hydrogen-bond acceptors (Lipinski definition) is 8. The molecule has 1 N–H and O–H groups in total. The van der Waals surface area contributed by atoms with Gasteiger partial charge in [0.15, 0.2) is 16.6 Å². The minimum Gasteiger partial charge on any atom is -0.488 e. The average Bonchev–Trinajstić information content (AvgIpc) is 3.72. The van der Waals surface area contributed by atoms with Gasteiger partial charge in [0.25, 0.3) is 0 Å². The summed E-state index contributed by atoms with van der Waals surface area (Å²) in [4.78, 5) is 13.8. The van der Waals surface area contributed by atoms with Gasteiger partial charge in [0.2, 0.25) is 5.60 Å². The van der Waals surface area contributed by atoms with Gasteiger partial charge in [-0.25, -0.2) is 4.79 Å². The lowest BCUT2D eigenvalue weighted by atomic mass is 9.83. The molecule has 0 bridgehead atoms. The zero-order valence-corrected chi connectivity index (χ0v) is 39.4. The molecule has 2 heterocycles. The number of carbonyl (C=O) groups is 1.